The van der Waals surface area contributed by atoms with Gasteiger partial charge in [0.2, 0.25) is 4.96 Å². The Kier molecular flexibility index (Phi) is 2.52. The van der Waals surface area contributed by atoms with Gasteiger partial charge in [-0.3, -0.25) is 0 Å². The molecule has 1 aliphatic rings. The average molecular weight is 383 g/mol. The van der Waals surface area contributed by atoms with Crippen molar-refractivity contribution in [2.45, 2.75) is 18.8 Å². The maximum absolute atomic E-state index is 6.04. The van der Waals surface area contributed by atoms with Gasteiger partial charge in [-0.1, -0.05) is 11.3 Å². The van der Waals surface area contributed by atoms with Crippen LogP contribution in [0.3, 0.4) is 0 Å². The number of fused-ring (bicyclic) bond motifs is 1. The summed E-state index contributed by atoms with van der Waals surface area (Å²) in [5.74, 6) is 1.53. The van der Waals surface area contributed by atoms with E-state index in [0.717, 1.165) is 30.6 Å². The third-order valence-electron chi connectivity index (χ3n) is 3.20. The Balaban J connectivity index is 1.88. The number of benzene rings is 1. The van der Waals surface area contributed by atoms with Crippen molar-refractivity contribution in [1.29, 1.82) is 0 Å². The highest BCUT2D eigenvalue weighted by atomic mass is 127. The summed E-state index contributed by atoms with van der Waals surface area (Å²) in [5, 5.41) is 14.0. The third-order valence-corrected chi connectivity index (χ3v) is 4.81. The second-order valence-corrected chi connectivity index (χ2v) is 6.87. The van der Waals surface area contributed by atoms with Crippen molar-refractivity contribution in [2.75, 3.05) is 5.73 Å². The van der Waals surface area contributed by atoms with Gasteiger partial charge in [0.25, 0.3) is 0 Å². The number of hydrogen-bond acceptors (Lipinski definition) is 5. The van der Waals surface area contributed by atoms with Crippen molar-refractivity contribution in [3.63, 3.8) is 0 Å². The summed E-state index contributed by atoms with van der Waals surface area (Å²) in [6.07, 6.45) is 2.39. The summed E-state index contributed by atoms with van der Waals surface area (Å²) in [4.78, 5) is 0.843. The molecule has 0 radical (unpaired) electrons. The van der Waals surface area contributed by atoms with Gasteiger partial charge in [-0.05, 0) is 53.6 Å². The van der Waals surface area contributed by atoms with Crippen LogP contribution in [0.15, 0.2) is 18.2 Å². The van der Waals surface area contributed by atoms with E-state index in [-0.39, 0.29) is 0 Å². The number of halogens is 1. The van der Waals surface area contributed by atoms with Gasteiger partial charge in [0, 0.05) is 20.7 Å². The summed E-state index contributed by atoms with van der Waals surface area (Å²) < 4.78 is 3.02. The summed E-state index contributed by atoms with van der Waals surface area (Å²) >= 11 is 3.81. The van der Waals surface area contributed by atoms with Crippen LogP contribution in [-0.4, -0.2) is 19.8 Å². The molecule has 0 unspecified atom stereocenters. The van der Waals surface area contributed by atoms with E-state index in [4.69, 9.17) is 5.73 Å². The molecule has 4 rings (SSSR count). The molecule has 0 amide bonds. The molecular weight excluding hydrogens is 373 g/mol. The summed E-state index contributed by atoms with van der Waals surface area (Å²) in [6, 6.07) is 5.97. The van der Waals surface area contributed by atoms with Gasteiger partial charge in [-0.15, -0.1) is 10.2 Å². The lowest BCUT2D eigenvalue weighted by Gasteiger charge is -2.01. The summed E-state index contributed by atoms with van der Waals surface area (Å²) in [5.41, 5.74) is 7.76. The van der Waals surface area contributed by atoms with E-state index in [2.05, 4.69) is 44.0 Å². The van der Waals surface area contributed by atoms with Gasteiger partial charge in [-0.2, -0.15) is 9.61 Å². The number of hydrogen-bond donors (Lipinski definition) is 1. The fourth-order valence-corrected chi connectivity index (χ4v) is 3.43. The number of nitrogen functional groups attached to an aromatic ring is 1. The Bertz CT molecular complexity index is 774. The first-order chi connectivity index (χ1) is 9.22. The minimum Gasteiger partial charge on any atom is -0.398 e. The van der Waals surface area contributed by atoms with Gasteiger partial charge in [0.05, 0.1) is 0 Å². The Morgan fingerprint density at radius 3 is 2.95 bits per heavy atom. The number of nitrogens with two attached hydrogens (primary N) is 1. The lowest BCUT2D eigenvalue weighted by molar-refractivity contribution is 0.828. The first kappa shape index (κ1) is 11.6. The topological polar surface area (TPSA) is 69.1 Å². The van der Waals surface area contributed by atoms with Crippen LogP contribution in [0.4, 0.5) is 5.69 Å². The molecule has 1 aromatic carbocycles. The predicted octanol–water partition coefficient (Wildman–Crippen LogP) is 2.92. The van der Waals surface area contributed by atoms with Crippen molar-refractivity contribution < 1.29 is 0 Å². The zero-order valence-electron chi connectivity index (χ0n) is 9.88. The number of aromatic nitrogens is 4. The quantitative estimate of drug-likeness (QED) is 0.546. The molecule has 3 aromatic rings. The van der Waals surface area contributed by atoms with Crippen LogP contribution in [-0.2, 0) is 0 Å². The maximum Gasteiger partial charge on any atom is 0.234 e. The Morgan fingerprint density at radius 2 is 2.16 bits per heavy atom. The first-order valence-electron chi connectivity index (χ1n) is 6.00. The number of nitrogens with zero attached hydrogens (tertiary/aromatic N) is 4. The van der Waals surface area contributed by atoms with Crippen LogP contribution >= 0.6 is 33.9 Å². The van der Waals surface area contributed by atoms with E-state index >= 15 is 0 Å². The zero-order chi connectivity index (χ0) is 13.0. The average Bonchev–Trinajstić information content (AvgIpc) is 3.01. The first-order valence-corrected chi connectivity index (χ1v) is 7.89. The second kappa shape index (κ2) is 4.14. The molecule has 2 heterocycles. The predicted molar refractivity (Wildman–Crippen MR) is 83.2 cm³/mol. The van der Waals surface area contributed by atoms with E-state index in [0.29, 0.717) is 5.92 Å². The highest BCUT2D eigenvalue weighted by molar-refractivity contribution is 14.1. The van der Waals surface area contributed by atoms with E-state index < -0.39 is 0 Å². The summed E-state index contributed by atoms with van der Waals surface area (Å²) in [6.45, 7) is 0. The number of anilines is 1. The molecule has 2 N–H and O–H groups in total. The van der Waals surface area contributed by atoms with E-state index in [1.807, 2.05) is 16.6 Å². The van der Waals surface area contributed by atoms with Crippen LogP contribution < -0.4 is 5.73 Å². The monoisotopic (exact) mass is 383 g/mol. The Labute approximate surface area is 127 Å². The highest BCUT2D eigenvalue weighted by Crippen LogP contribution is 2.40. The molecule has 0 spiro atoms. The SMILES string of the molecule is Nc1ccc(I)cc1-c1nn2c(C3CC3)nnc2s1. The number of rotatable bonds is 2. The lowest BCUT2D eigenvalue weighted by atomic mass is 10.2. The fourth-order valence-electron chi connectivity index (χ4n) is 2.05. The van der Waals surface area contributed by atoms with E-state index in [1.165, 1.54) is 24.2 Å². The van der Waals surface area contributed by atoms with Crippen LogP contribution in [0, 0.1) is 3.57 Å². The summed E-state index contributed by atoms with van der Waals surface area (Å²) in [7, 11) is 0. The molecule has 0 aliphatic heterocycles. The second-order valence-electron chi connectivity index (χ2n) is 4.67. The molecule has 0 bridgehead atoms. The van der Waals surface area contributed by atoms with Crippen molar-refractivity contribution in [3.8, 4) is 10.6 Å². The van der Waals surface area contributed by atoms with Gasteiger partial charge in [0.1, 0.15) is 5.01 Å². The minimum atomic E-state index is 0.540. The fraction of sp³-hybridized carbons (Fsp3) is 0.250. The van der Waals surface area contributed by atoms with Crippen molar-refractivity contribution >= 4 is 44.6 Å². The van der Waals surface area contributed by atoms with Crippen LogP contribution in [0.2, 0.25) is 0 Å². The normalized spacial score (nSPS) is 15.2. The van der Waals surface area contributed by atoms with Gasteiger partial charge >= 0.3 is 0 Å². The molecule has 1 aliphatic carbocycles. The molecular formula is C12H10IN5S. The van der Waals surface area contributed by atoms with Crippen LogP contribution in [0.5, 0.6) is 0 Å². The molecule has 96 valence electrons. The van der Waals surface area contributed by atoms with Gasteiger partial charge in [0.15, 0.2) is 5.82 Å². The molecule has 2 aromatic heterocycles. The molecule has 0 saturated heterocycles. The van der Waals surface area contributed by atoms with Crippen molar-refractivity contribution in [3.05, 3.63) is 27.6 Å². The molecule has 19 heavy (non-hydrogen) atoms. The van der Waals surface area contributed by atoms with Gasteiger partial charge in [-0.25, -0.2) is 0 Å². The Hall–Kier alpha value is -1.22. The van der Waals surface area contributed by atoms with E-state index in [9.17, 15) is 0 Å². The van der Waals surface area contributed by atoms with Crippen LogP contribution in [0.25, 0.3) is 15.5 Å². The lowest BCUT2D eigenvalue weighted by Crippen LogP contribution is -1.95. The molecule has 1 fully saturated rings. The van der Waals surface area contributed by atoms with Crippen LogP contribution in [0.1, 0.15) is 24.6 Å². The maximum atomic E-state index is 6.04. The minimum absolute atomic E-state index is 0.540. The molecule has 7 heteroatoms. The largest absolute Gasteiger partial charge is 0.398 e. The molecule has 1 saturated carbocycles. The molecule has 5 nitrogen and oxygen atoms in total. The van der Waals surface area contributed by atoms with Crippen molar-refractivity contribution in [2.24, 2.45) is 0 Å². The standard InChI is InChI=1S/C12H10IN5S/c13-7-3-4-9(14)8(5-7)11-17-18-10(6-1-2-6)15-16-12(18)19-11/h3-6H,1-2,14H2. The van der Waals surface area contributed by atoms with E-state index in [1.54, 1.807) is 0 Å². The third kappa shape index (κ3) is 1.91. The smallest absolute Gasteiger partial charge is 0.234 e. The van der Waals surface area contributed by atoms with Crippen molar-refractivity contribution in [1.82, 2.24) is 19.8 Å². The highest BCUT2D eigenvalue weighted by Gasteiger charge is 2.30. The zero-order valence-corrected chi connectivity index (χ0v) is 12.9. The Morgan fingerprint density at radius 1 is 1.32 bits per heavy atom. The molecule has 0 atom stereocenters. The van der Waals surface area contributed by atoms with Gasteiger partial charge < -0.3 is 5.73 Å².